The maximum absolute atomic E-state index is 3.59. The van der Waals surface area contributed by atoms with E-state index in [0.717, 1.165) is 18.1 Å². The lowest BCUT2D eigenvalue weighted by Crippen LogP contribution is -2.40. The van der Waals surface area contributed by atoms with E-state index in [4.69, 9.17) is 0 Å². The molecule has 2 nitrogen and oxygen atoms in total. The molecule has 1 fully saturated rings. The Hall–Kier alpha value is -0.0800. The van der Waals surface area contributed by atoms with Gasteiger partial charge >= 0.3 is 0 Å². The van der Waals surface area contributed by atoms with Gasteiger partial charge in [0.15, 0.2) is 0 Å². The van der Waals surface area contributed by atoms with E-state index in [-0.39, 0.29) is 0 Å². The van der Waals surface area contributed by atoms with Crippen molar-refractivity contribution < 1.29 is 0 Å². The van der Waals surface area contributed by atoms with Crippen LogP contribution in [0.15, 0.2) is 0 Å². The van der Waals surface area contributed by atoms with Gasteiger partial charge in [-0.2, -0.15) is 0 Å². The van der Waals surface area contributed by atoms with Gasteiger partial charge in [-0.15, -0.1) is 0 Å². The number of nitrogens with one attached hydrogen (secondary N) is 1. The predicted octanol–water partition coefficient (Wildman–Crippen LogP) is 3.03. The van der Waals surface area contributed by atoms with Crippen LogP contribution < -0.4 is 5.32 Å². The molecule has 2 unspecified atom stereocenters. The fraction of sp³-hybridized carbons (Fsp3) is 1.00. The van der Waals surface area contributed by atoms with Gasteiger partial charge in [0, 0.05) is 18.1 Å². The van der Waals surface area contributed by atoms with E-state index in [0.29, 0.717) is 0 Å². The maximum Gasteiger partial charge on any atom is 0.00701 e. The van der Waals surface area contributed by atoms with Gasteiger partial charge in [-0.25, -0.2) is 0 Å². The fourth-order valence-electron chi connectivity index (χ4n) is 2.45. The molecule has 0 heterocycles. The highest BCUT2D eigenvalue weighted by Crippen LogP contribution is 2.19. The zero-order valence-corrected chi connectivity index (χ0v) is 11.6. The molecular weight excluding hydrogens is 196 g/mol. The number of hydrogen-bond donors (Lipinski definition) is 1. The van der Waals surface area contributed by atoms with E-state index >= 15 is 0 Å². The molecule has 0 aromatic rings. The standard InChI is InChI=1S/C14H30N2/c1-5-12(3)16(6-2)13(4)8-7-11-15-14-9-10-14/h12-15H,5-11H2,1-4H3. The van der Waals surface area contributed by atoms with Gasteiger partial charge in [-0.05, 0) is 59.0 Å². The molecule has 1 N–H and O–H groups in total. The lowest BCUT2D eigenvalue weighted by Gasteiger charge is -2.33. The van der Waals surface area contributed by atoms with Crippen LogP contribution in [0.3, 0.4) is 0 Å². The Kier molecular flexibility index (Phi) is 6.37. The molecule has 2 heteroatoms. The molecule has 0 spiro atoms. The van der Waals surface area contributed by atoms with Crippen LogP contribution in [0.25, 0.3) is 0 Å². The second kappa shape index (κ2) is 7.29. The quantitative estimate of drug-likeness (QED) is 0.608. The van der Waals surface area contributed by atoms with Crippen molar-refractivity contribution in [2.45, 2.75) is 77.9 Å². The van der Waals surface area contributed by atoms with Crippen LogP contribution >= 0.6 is 0 Å². The molecular formula is C14H30N2. The number of hydrogen-bond acceptors (Lipinski definition) is 2. The summed E-state index contributed by atoms with van der Waals surface area (Å²) in [6.07, 6.45) is 6.73. The van der Waals surface area contributed by atoms with Crippen LogP contribution in [0, 0.1) is 0 Å². The van der Waals surface area contributed by atoms with Crippen molar-refractivity contribution in [3.8, 4) is 0 Å². The third-order valence-corrected chi connectivity index (χ3v) is 3.90. The summed E-state index contributed by atoms with van der Waals surface area (Å²) in [6, 6.07) is 2.34. The van der Waals surface area contributed by atoms with Crippen molar-refractivity contribution in [3.05, 3.63) is 0 Å². The summed E-state index contributed by atoms with van der Waals surface area (Å²) in [7, 11) is 0. The minimum atomic E-state index is 0.733. The van der Waals surface area contributed by atoms with E-state index in [1.165, 1.54) is 45.2 Å². The molecule has 1 saturated carbocycles. The Bertz CT molecular complexity index is 178. The lowest BCUT2D eigenvalue weighted by molar-refractivity contribution is 0.149. The molecule has 0 aromatic carbocycles. The minimum absolute atomic E-state index is 0.733. The monoisotopic (exact) mass is 226 g/mol. The predicted molar refractivity (Wildman–Crippen MR) is 71.9 cm³/mol. The molecule has 0 radical (unpaired) electrons. The first kappa shape index (κ1) is 14.0. The van der Waals surface area contributed by atoms with E-state index in [1.54, 1.807) is 0 Å². The Morgan fingerprint density at radius 1 is 1.19 bits per heavy atom. The van der Waals surface area contributed by atoms with Crippen molar-refractivity contribution in [1.82, 2.24) is 10.2 Å². The van der Waals surface area contributed by atoms with E-state index < -0.39 is 0 Å². The average molecular weight is 226 g/mol. The van der Waals surface area contributed by atoms with Gasteiger partial charge in [0.1, 0.15) is 0 Å². The largest absolute Gasteiger partial charge is 0.314 e. The molecule has 0 bridgehead atoms. The number of nitrogens with zero attached hydrogens (tertiary/aromatic N) is 1. The molecule has 16 heavy (non-hydrogen) atoms. The van der Waals surface area contributed by atoms with Crippen LogP contribution in [0.5, 0.6) is 0 Å². The zero-order valence-electron chi connectivity index (χ0n) is 11.6. The molecule has 0 aromatic heterocycles. The topological polar surface area (TPSA) is 15.3 Å². The second-order valence-corrected chi connectivity index (χ2v) is 5.31. The molecule has 2 atom stereocenters. The Morgan fingerprint density at radius 2 is 1.88 bits per heavy atom. The first-order valence-electron chi connectivity index (χ1n) is 7.18. The molecule has 1 aliphatic rings. The summed E-state index contributed by atoms with van der Waals surface area (Å²) >= 11 is 0. The minimum Gasteiger partial charge on any atom is -0.314 e. The summed E-state index contributed by atoms with van der Waals surface area (Å²) in [5.74, 6) is 0. The average Bonchev–Trinajstić information content (AvgIpc) is 3.09. The highest BCUT2D eigenvalue weighted by Gasteiger charge is 2.20. The molecule has 0 saturated heterocycles. The summed E-state index contributed by atoms with van der Waals surface area (Å²) < 4.78 is 0. The fourth-order valence-corrected chi connectivity index (χ4v) is 2.45. The highest BCUT2D eigenvalue weighted by molar-refractivity contribution is 4.81. The van der Waals surface area contributed by atoms with Gasteiger partial charge in [0.2, 0.25) is 0 Å². The Labute approximate surface area is 102 Å². The van der Waals surface area contributed by atoms with Crippen LogP contribution in [0.1, 0.15) is 59.8 Å². The normalized spacial score (nSPS) is 20.1. The van der Waals surface area contributed by atoms with Crippen LogP contribution in [-0.2, 0) is 0 Å². The van der Waals surface area contributed by atoms with Crippen molar-refractivity contribution in [2.75, 3.05) is 13.1 Å². The Balaban J connectivity index is 2.11. The van der Waals surface area contributed by atoms with Crippen molar-refractivity contribution in [1.29, 1.82) is 0 Å². The maximum atomic E-state index is 3.59. The second-order valence-electron chi connectivity index (χ2n) is 5.31. The molecule has 0 aliphatic heterocycles. The molecule has 0 amide bonds. The summed E-state index contributed by atoms with van der Waals surface area (Å²) in [6.45, 7) is 11.7. The first-order valence-corrected chi connectivity index (χ1v) is 7.18. The van der Waals surface area contributed by atoms with Crippen molar-refractivity contribution in [2.24, 2.45) is 0 Å². The Morgan fingerprint density at radius 3 is 2.38 bits per heavy atom. The molecule has 1 aliphatic carbocycles. The number of rotatable bonds is 9. The first-order chi connectivity index (χ1) is 7.69. The zero-order chi connectivity index (χ0) is 12.0. The highest BCUT2D eigenvalue weighted by atomic mass is 15.2. The lowest BCUT2D eigenvalue weighted by atomic mass is 10.1. The van der Waals surface area contributed by atoms with Crippen LogP contribution in [0.4, 0.5) is 0 Å². The summed E-state index contributed by atoms with van der Waals surface area (Å²) in [5.41, 5.74) is 0. The summed E-state index contributed by atoms with van der Waals surface area (Å²) in [4.78, 5) is 2.64. The van der Waals surface area contributed by atoms with Gasteiger partial charge in [-0.3, -0.25) is 4.90 Å². The van der Waals surface area contributed by atoms with Crippen molar-refractivity contribution >= 4 is 0 Å². The molecule has 96 valence electrons. The van der Waals surface area contributed by atoms with Gasteiger partial charge < -0.3 is 5.32 Å². The van der Waals surface area contributed by atoms with E-state index in [9.17, 15) is 0 Å². The summed E-state index contributed by atoms with van der Waals surface area (Å²) in [5, 5.41) is 3.59. The van der Waals surface area contributed by atoms with E-state index in [2.05, 4.69) is 37.9 Å². The third-order valence-electron chi connectivity index (χ3n) is 3.90. The van der Waals surface area contributed by atoms with Gasteiger partial charge in [-0.1, -0.05) is 13.8 Å². The van der Waals surface area contributed by atoms with Crippen molar-refractivity contribution in [3.63, 3.8) is 0 Å². The van der Waals surface area contributed by atoms with E-state index in [1.807, 2.05) is 0 Å². The third kappa shape index (κ3) is 4.84. The van der Waals surface area contributed by atoms with Gasteiger partial charge in [0.25, 0.3) is 0 Å². The van der Waals surface area contributed by atoms with Crippen LogP contribution in [0.2, 0.25) is 0 Å². The smallest absolute Gasteiger partial charge is 0.00701 e. The molecule has 1 rings (SSSR count). The van der Waals surface area contributed by atoms with Gasteiger partial charge in [0.05, 0.1) is 0 Å². The van der Waals surface area contributed by atoms with Crippen LogP contribution in [-0.4, -0.2) is 36.1 Å². The SMILES string of the molecule is CCC(C)N(CC)C(C)CCCNC1CC1.